The standard InChI is InChI=1S/C23H22N4O3/c1-15-22(28)21(23(29)25-10-11-30-2)27-20(26-15)13-16-6-8-18(9-7-16)19-5-3-4-17(12-19)14-24/h3-9,12,28H,10-11,13H2,1-2H3,(H,25,29). The van der Waals surface area contributed by atoms with E-state index in [9.17, 15) is 9.90 Å². The summed E-state index contributed by atoms with van der Waals surface area (Å²) in [6.07, 6.45) is 0.415. The summed E-state index contributed by atoms with van der Waals surface area (Å²) in [6.45, 7) is 2.33. The molecule has 0 fully saturated rings. The Hall–Kier alpha value is -3.76. The summed E-state index contributed by atoms with van der Waals surface area (Å²) in [7, 11) is 1.54. The summed E-state index contributed by atoms with van der Waals surface area (Å²) in [5, 5.41) is 21.9. The fraction of sp³-hybridized carbons (Fsp3) is 0.217. The van der Waals surface area contributed by atoms with Gasteiger partial charge < -0.3 is 15.2 Å². The molecule has 7 heteroatoms. The van der Waals surface area contributed by atoms with Crippen LogP contribution in [0, 0.1) is 18.3 Å². The van der Waals surface area contributed by atoms with E-state index in [4.69, 9.17) is 10.00 Å². The number of nitrogens with zero attached hydrogens (tertiary/aromatic N) is 3. The van der Waals surface area contributed by atoms with Gasteiger partial charge in [0.05, 0.1) is 23.9 Å². The smallest absolute Gasteiger partial charge is 0.273 e. The molecule has 0 spiro atoms. The van der Waals surface area contributed by atoms with Crippen LogP contribution in [0.5, 0.6) is 5.75 Å². The first-order chi connectivity index (χ1) is 14.5. The van der Waals surface area contributed by atoms with Crippen molar-refractivity contribution in [1.82, 2.24) is 15.3 Å². The average molecular weight is 402 g/mol. The van der Waals surface area contributed by atoms with Crippen LogP contribution in [-0.2, 0) is 11.2 Å². The van der Waals surface area contributed by atoms with Gasteiger partial charge in [-0.1, -0.05) is 36.4 Å². The molecule has 2 aromatic carbocycles. The molecule has 3 aromatic rings. The van der Waals surface area contributed by atoms with Gasteiger partial charge >= 0.3 is 0 Å². The molecule has 1 amide bonds. The first-order valence-electron chi connectivity index (χ1n) is 9.45. The Balaban J connectivity index is 1.79. The largest absolute Gasteiger partial charge is 0.504 e. The fourth-order valence-electron chi connectivity index (χ4n) is 2.98. The minimum atomic E-state index is -0.468. The Morgan fingerprint density at radius 3 is 2.63 bits per heavy atom. The predicted molar refractivity (Wildman–Crippen MR) is 112 cm³/mol. The molecular formula is C23H22N4O3. The third-order valence-corrected chi connectivity index (χ3v) is 4.55. The Labute approximate surface area is 175 Å². The predicted octanol–water partition coefficient (Wildman–Crippen LogP) is 3.00. The van der Waals surface area contributed by atoms with Gasteiger partial charge in [-0.15, -0.1) is 0 Å². The Morgan fingerprint density at radius 2 is 1.93 bits per heavy atom. The number of rotatable bonds is 7. The van der Waals surface area contributed by atoms with Gasteiger partial charge in [0.15, 0.2) is 11.4 Å². The molecule has 0 saturated heterocycles. The zero-order valence-corrected chi connectivity index (χ0v) is 16.8. The second-order valence-electron chi connectivity index (χ2n) is 6.74. The van der Waals surface area contributed by atoms with Gasteiger partial charge in [-0.2, -0.15) is 5.26 Å². The zero-order chi connectivity index (χ0) is 21.5. The van der Waals surface area contributed by atoms with Crippen LogP contribution in [0.2, 0.25) is 0 Å². The van der Waals surface area contributed by atoms with Crippen molar-refractivity contribution in [3.63, 3.8) is 0 Å². The van der Waals surface area contributed by atoms with Gasteiger partial charge in [0.25, 0.3) is 5.91 Å². The van der Waals surface area contributed by atoms with E-state index in [1.165, 1.54) is 0 Å². The number of aromatic nitrogens is 2. The van der Waals surface area contributed by atoms with E-state index >= 15 is 0 Å². The van der Waals surface area contributed by atoms with Crippen molar-refractivity contribution in [1.29, 1.82) is 5.26 Å². The van der Waals surface area contributed by atoms with Crippen LogP contribution in [0.3, 0.4) is 0 Å². The summed E-state index contributed by atoms with van der Waals surface area (Å²) in [6, 6.07) is 17.4. The number of amides is 1. The molecule has 152 valence electrons. The minimum absolute atomic E-state index is 0.0430. The van der Waals surface area contributed by atoms with Crippen molar-refractivity contribution in [2.24, 2.45) is 0 Å². The normalized spacial score (nSPS) is 10.4. The Morgan fingerprint density at radius 1 is 1.17 bits per heavy atom. The zero-order valence-electron chi connectivity index (χ0n) is 16.8. The van der Waals surface area contributed by atoms with Crippen molar-refractivity contribution >= 4 is 5.91 Å². The molecule has 0 unspecified atom stereocenters. The number of ether oxygens (including phenoxy) is 1. The molecule has 0 saturated carbocycles. The van der Waals surface area contributed by atoms with E-state index in [0.717, 1.165) is 16.7 Å². The van der Waals surface area contributed by atoms with Gasteiger partial charge in [0.2, 0.25) is 0 Å². The van der Waals surface area contributed by atoms with Crippen LogP contribution in [0.1, 0.15) is 33.1 Å². The van der Waals surface area contributed by atoms with Gasteiger partial charge in [-0.05, 0) is 35.7 Å². The van der Waals surface area contributed by atoms with Crippen molar-refractivity contribution in [2.45, 2.75) is 13.3 Å². The summed E-state index contributed by atoms with van der Waals surface area (Å²) in [4.78, 5) is 20.9. The highest BCUT2D eigenvalue weighted by Gasteiger charge is 2.17. The lowest BCUT2D eigenvalue weighted by atomic mass is 10.0. The van der Waals surface area contributed by atoms with Gasteiger partial charge in [0, 0.05) is 20.1 Å². The molecule has 7 nitrogen and oxygen atoms in total. The van der Waals surface area contributed by atoms with Crippen LogP contribution in [-0.4, -0.2) is 41.2 Å². The second kappa shape index (κ2) is 9.63. The van der Waals surface area contributed by atoms with Crippen LogP contribution < -0.4 is 5.32 Å². The molecule has 3 rings (SSSR count). The molecule has 2 N–H and O–H groups in total. The number of aryl methyl sites for hydroxylation is 1. The number of hydrogen-bond acceptors (Lipinski definition) is 6. The third-order valence-electron chi connectivity index (χ3n) is 4.55. The maximum atomic E-state index is 12.3. The molecule has 0 aliphatic heterocycles. The first-order valence-corrected chi connectivity index (χ1v) is 9.45. The summed E-state index contributed by atoms with van der Waals surface area (Å²) < 4.78 is 4.91. The van der Waals surface area contributed by atoms with Gasteiger partial charge in [0.1, 0.15) is 5.82 Å². The molecule has 0 aliphatic rings. The Kier molecular flexibility index (Phi) is 6.73. The SMILES string of the molecule is COCCNC(=O)c1nc(Cc2ccc(-c3cccc(C#N)c3)cc2)nc(C)c1O. The maximum absolute atomic E-state index is 12.3. The lowest BCUT2D eigenvalue weighted by Gasteiger charge is -2.10. The molecule has 0 aliphatic carbocycles. The van der Waals surface area contributed by atoms with Crippen molar-refractivity contribution in [3.8, 4) is 22.9 Å². The molecule has 0 bridgehead atoms. The first kappa shape index (κ1) is 21.0. The number of nitriles is 1. The number of carbonyl (C=O) groups is 1. The van der Waals surface area contributed by atoms with E-state index in [1.54, 1.807) is 20.1 Å². The second-order valence-corrected chi connectivity index (χ2v) is 6.74. The van der Waals surface area contributed by atoms with E-state index in [-0.39, 0.29) is 11.4 Å². The maximum Gasteiger partial charge on any atom is 0.273 e. The van der Waals surface area contributed by atoms with Crippen molar-refractivity contribution in [2.75, 3.05) is 20.3 Å². The lowest BCUT2D eigenvalue weighted by Crippen LogP contribution is -2.28. The van der Waals surface area contributed by atoms with E-state index in [1.807, 2.05) is 42.5 Å². The highest BCUT2D eigenvalue weighted by Crippen LogP contribution is 2.23. The number of benzene rings is 2. The number of methoxy groups -OCH3 is 1. The molecule has 30 heavy (non-hydrogen) atoms. The summed E-state index contributed by atoms with van der Waals surface area (Å²) in [5.74, 6) is -0.244. The molecule has 0 radical (unpaired) electrons. The lowest BCUT2D eigenvalue weighted by molar-refractivity contribution is 0.0928. The third kappa shape index (κ3) is 4.99. The molecule has 1 aromatic heterocycles. The number of aromatic hydroxyl groups is 1. The molecule has 0 atom stereocenters. The highest BCUT2D eigenvalue weighted by atomic mass is 16.5. The van der Waals surface area contributed by atoms with Crippen LogP contribution in [0.15, 0.2) is 48.5 Å². The number of hydrogen-bond donors (Lipinski definition) is 2. The topological polar surface area (TPSA) is 108 Å². The fourth-order valence-corrected chi connectivity index (χ4v) is 2.98. The van der Waals surface area contributed by atoms with Crippen molar-refractivity contribution < 1.29 is 14.6 Å². The minimum Gasteiger partial charge on any atom is -0.504 e. The molecular weight excluding hydrogens is 380 g/mol. The van der Waals surface area contributed by atoms with Crippen LogP contribution >= 0.6 is 0 Å². The van der Waals surface area contributed by atoms with E-state index in [2.05, 4.69) is 21.4 Å². The van der Waals surface area contributed by atoms with Gasteiger partial charge in [-0.25, -0.2) is 9.97 Å². The summed E-state index contributed by atoms with van der Waals surface area (Å²) in [5.41, 5.74) is 3.84. The van der Waals surface area contributed by atoms with Gasteiger partial charge in [-0.3, -0.25) is 4.79 Å². The number of carbonyl (C=O) groups excluding carboxylic acids is 1. The summed E-state index contributed by atoms with van der Waals surface area (Å²) >= 11 is 0. The van der Waals surface area contributed by atoms with Crippen LogP contribution in [0.4, 0.5) is 0 Å². The number of nitrogens with one attached hydrogen (secondary N) is 1. The van der Waals surface area contributed by atoms with Crippen LogP contribution in [0.25, 0.3) is 11.1 Å². The van der Waals surface area contributed by atoms with E-state index in [0.29, 0.717) is 36.7 Å². The van der Waals surface area contributed by atoms with Crippen molar-refractivity contribution in [3.05, 3.63) is 76.9 Å². The quantitative estimate of drug-likeness (QED) is 0.588. The van der Waals surface area contributed by atoms with E-state index < -0.39 is 5.91 Å². The molecule has 1 heterocycles. The monoisotopic (exact) mass is 402 g/mol. The Bertz CT molecular complexity index is 1090. The highest BCUT2D eigenvalue weighted by molar-refractivity contribution is 5.95. The average Bonchev–Trinajstić information content (AvgIpc) is 2.76.